The Morgan fingerprint density at radius 2 is 2.14 bits per heavy atom. The first-order valence-electron chi connectivity index (χ1n) is 8.04. The Labute approximate surface area is 127 Å². The molecule has 4 nitrogen and oxygen atoms in total. The number of nitrogens with zero attached hydrogens (tertiary/aromatic N) is 2. The molecule has 0 saturated heterocycles. The third-order valence-electron chi connectivity index (χ3n) is 3.94. The van der Waals surface area contributed by atoms with Gasteiger partial charge in [0.05, 0.1) is 0 Å². The lowest BCUT2D eigenvalue weighted by Gasteiger charge is -2.24. The van der Waals surface area contributed by atoms with Crippen LogP contribution in [0.4, 0.5) is 5.82 Å². The van der Waals surface area contributed by atoms with Crippen LogP contribution in [0.15, 0.2) is 12.1 Å². The van der Waals surface area contributed by atoms with Gasteiger partial charge in [0.25, 0.3) is 5.91 Å². The Hall–Kier alpha value is -1.58. The van der Waals surface area contributed by atoms with Crippen molar-refractivity contribution in [2.24, 2.45) is 5.92 Å². The van der Waals surface area contributed by atoms with Crippen LogP contribution < -0.4 is 5.32 Å². The molecule has 0 unspecified atom stereocenters. The summed E-state index contributed by atoms with van der Waals surface area (Å²) in [7, 11) is 1.84. The number of rotatable bonds is 7. The molecule has 0 bridgehead atoms. The minimum atomic E-state index is 0.159. The Bertz CT molecular complexity index is 473. The van der Waals surface area contributed by atoms with Gasteiger partial charge in [-0.1, -0.05) is 20.8 Å². The van der Waals surface area contributed by atoms with Crippen LogP contribution in [0.25, 0.3) is 0 Å². The molecule has 21 heavy (non-hydrogen) atoms. The molecule has 1 saturated carbocycles. The molecule has 4 heteroatoms. The van der Waals surface area contributed by atoms with Gasteiger partial charge in [0.1, 0.15) is 5.82 Å². The van der Waals surface area contributed by atoms with Crippen LogP contribution in [-0.4, -0.2) is 35.4 Å². The van der Waals surface area contributed by atoms with Crippen molar-refractivity contribution in [2.45, 2.75) is 52.5 Å². The number of carbonyl (C=O) groups excluding carboxylic acids is 1. The number of carbonyl (C=O) groups is 1. The van der Waals surface area contributed by atoms with E-state index in [1.54, 1.807) is 0 Å². The zero-order valence-corrected chi connectivity index (χ0v) is 13.6. The van der Waals surface area contributed by atoms with E-state index in [0.717, 1.165) is 49.3 Å². The summed E-state index contributed by atoms with van der Waals surface area (Å²) in [6.45, 7) is 7.33. The van der Waals surface area contributed by atoms with Crippen molar-refractivity contribution >= 4 is 11.7 Å². The number of anilines is 1. The van der Waals surface area contributed by atoms with Crippen LogP contribution in [0.2, 0.25) is 0 Å². The molecule has 1 N–H and O–H groups in total. The molecule has 0 aromatic carbocycles. The number of hydrogen-bond acceptors (Lipinski definition) is 3. The summed E-state index contributed by atoms with van der Waals surface area (Å²) in [5.41, 5.74) is 1.73. The van der Waals surface area contributed by atoms with Gasteiger partial charge in [-0.3, -0.25) is 4.79 Å². The molecule has 1 fully saturated rings. The van der Waals surface area contributed by atoms with Crippen LogP contribution in [0.3, 0.4) is 0 Å². The molecule has 0 spiro atoms. The van der Waals surface area contributed by atoms with E-state index in [4.69, 9.17) is 0 Å². The largest absolute Gasteiger partial charge is 0.373 e. The van der Waals surface area contributed by atoms with E-state index in [1.807, 2.05) is 19.2 Å². The molecule has 116 valence electrons. The summed E-state index contributed by atoms with van der Waals surface area (Å²) >= 11 is 0. The Balaban J connectivity index is 2.19. The summed E-state index contributed by atoms with van der Waals surface area (Å²) in [5.74, 6) is 1.56. The van der Waals surface area contributed by atoms with Crippen molar-refractivity contribution in [3.63, 3.8) is 0 Å². The summed E-state index contributed by atoms with van der Waals surface area (Å²) in [5, 5.41) is 3.05. The maximum atomic E-state index is 12.8. The van der Waals surface area contributed by atoms with Gasteiger partial charge in [0, 0.05) is 30.9 Å². The topological polar surface area (TPSA) is 45.2 Å². The zero-order valence-electron chi connectivity index (χ0n) is 13.6. The predicted octanol–water partition coefficient (Wildman–Crippen LogP) is 3.34. The molecular weight excluding hydrogens is 262 g/mol. The molecule has 0 radical (unpaired) electrons. The highest BCUT2D eigenvalue weighted by molar-refractivity contribution is 5.95. The summed E-state index contributed by atoms with van der Waals surface area (Å²) in [4.78, 5) is 19.4. The van der Waals surface area contributed by atoms with Crippen molar-refractivity contribution in [3.8, 4) is 0 Å². The minimum Gasteiger partial charge on any atom is -0.373 e. The molecule has 0 aliphatic heterocycles. The lowest BCUT2D eigenvalue weighted by Crippen LogP contribution is -2.34. The highest BCUT2D eigenvalue weighted by atomic mass is 16.2. The van der Waals surface area contributed by atoms with Crippen LogP contribution in [0.1, 0.15) is 56.1 Å². The minimum absolute atomic E-state index is 0.159. The van der Waals surface area contributed by atoms with Crippen LogP contribution in [-0.2, 0) is 6.42 Å². The molecule has 1 heterocycles. The Morgan fingerprint density at radius 3 is 2.67 bits per heavy atom. The number of hydrogen-bond donors (Lipinski definition) is 1. The SMILES string of the molecule is CCc1cc(C(=O)N(CCC(C)C)C2CC2)cc(NC)n1. The molecule has 1 aliphatic rings. The molecule has 0 atom stereocenters. The van der Waals surface area contributed by atoms with Gasteiger partial charge in [-0.05, 0) is 43.7 Å². The first kappa shape index (κ1) is 15.8. The van der Waals surface area contributed by atoms with Crippen molar-refractivity contribution in [2.75, 3.05) is 18.9 Å². The van der Waals surface area contributed by atoms with Crippen molar-refractivity contribution in [1.29, 1.82) is 0 Å². The number of amides is 1. The van der Waals surface area contributed by atoms with E-state index in [1.165, 1.54) is 0 Å². The lowest BCUT2D eigenvalue weighted by molar-refractivity contribution is 0.0735. The summed E-state index contributed by atoms with van der Waals surface area (Å²) in [6, 6.07) is 4.26. The van der Waals surface area contributed by atoms with Gasteiger partial charge in [0.15, 0.2) is 0 Å². The highest BCUT2D eigenvalue weighted by Gasteiger charge is 2.33. The molecule has 1 aromatic heterocycles. The zero-order chi connectivity index (χ0) is 15.4. The molecule has 1 aromatic rings. The fraction of sp³-hybridized carbons (Fsp3) is 0.647. The number of nitrogens with one attached hydrogen (secondary N) is 1. The van der Waals surface area contributed by atoms with E-state index >= 15 is 0 Å². The van der Waals surface area contributed by atoms with Gasteiger partial charge < -0.3 is 10.2 Å². The molecule has 1 amide bonds. The van der Waals surface area contributed by atoms with Crippen molar-refractivity contribution in [3.05, 3.63) is 23.4 Å². The maximum Gasteiger partial charge on any atom is 0.254 e. The Kier molecular flexibility index (Phi) is 5.21. The number of aryl methyl sites for hydroxylation is 1. The van der Waals surface area contributed by atoms with Gasteiger partial charge in [0.2, 0.25) is 0 Å². The second kappa shape index (κ2) is 6.92. The smallest absolute Gasteiger partial charge is 0.254 e. The standard InChI is InChI=1S/C17H27N3O/c1-5-14-10-13(11-16(18-4)19-14)17(21)20(15-6-7-15)9-8-12(2)3/h10-12,15H,5-9H2,1-4H3,(H,18,19). The Morgan fingerprint density at radius 1 is 1.43 bits per heavy atom. The molecule has 1 aliphatic carbocycles. The molecular formula is C17H27N3O. The lowest BCUT2D eigenvalue weighted by atomic mass is 10.1. The van der Waals surface area contributed by atoms with E-state index in [9.17, 15) is 4.79 Å². The predicted molar refractivity (Wildman–Crippen MR) is 86.7 cm³/mol. The van der Waals surface area contributed by atoms with Gasteiger partial charge >= 0.3 is 0 Å². The maximum absolute atomic E-state index is 12.8. The highest BCUT2D eigenvalue weighted by Crippen LogP contribution is 2.29. The number of aromatic nitrogens is 1. The van der Waals surface area contributed by atoms with Gasteiger partial charge in [-0.25, -0.2) is 4.98 Å². The van der Waals surface area contributed by atoms with E-state index < -0.39 is 0 Å². The van der Waals surface area contributed by atoms with E-state index in [-0.39, 0.29) is 5.91 Å². The van der Waals surface area contributed by atoms with Crippen LogP contribution in [0.5, 0.6) is 0 Å². The second-order valence-corrected chi connectivity index (χ2v) is 6.25. The first-order valence-corrected chi connectivity index (χ1v) is 8.04. The van der Waals surface area contributed by atoms with Gasteiger partial charge in [-0.2, -0.15) is 0 Å². The fourth-order valence-corrected chi connectivity index (χ4v) is 2.42. The third-order valence-corrected chi connectivity index (χ3v) is 3.94. The first-order chi connectivity index (χ1) is 10.0. The second-order valence-electron chi connectivity index (χ2n) is 6.25. The monoisotopic (exact) mass is 289 g/mol. The summed E-state index contributed by atoms with van der Waals surface area (Å²) < 4.78 is 0. The van der Waals surface area contributed by atoms with Crippen molar-refractivity contribution in [1.82, 2.24) is 9.88 Å². The van der Waals surface area contributed by atoms with E-state index in [0.29, 0.717) is 12.0 Å². The normalized spacial score (nSPS) is 14.3. The quantitative estimate of drug-likeness (QED) is 0.837. The average Bonchev–Trinajstić information content (AvgIpc) is 3.31. The van der Waals surface area contributed by atoms with Crippen molar-refractivity contribution < 1.29 is 4.79 Å². The fourth-order valence-electron chi connectivity index (χ4n) is 2.42. The van der Waals surface area contributed by atoms with Crippen LogP contribution in [0, 0.1) is 5.92 Å². The van der Waals surface area contributed by atoms with Crippen LogP contribution >= 0.6 is 0 Å². The van der Waals surface area contributed by atoms with Gasteiger partial charge in [-0.15, -0.1) is 0 Å². The molecule has 2 rings (SSSR count). The average molecular weight is 289 g/mol. The third kappa shape index (κ3) is 4.19. The van der Waals surface area contributed by atoms with E-state index in [2.05, 4.69) is 36.0 Å². The number of pyridine rings is 1. The summed E-state index contributed by atoms with van der Waals surface area (Å²) in [6.07, 6.45) is 4.20.